The average molecular weight is 185 g/mol. The number of rotatable bonds is 5. The first-order valence-corrected chi connectivity index (χ1v) is 4.99. The lowest BCUT2D eigenvalue weighted by Crippen LogP contribution is -2.37. The van der Waals surface area contributed by atoms with E-state index in [2.05, 4.69) is 22.5 Å². The third-order valence-corrected chi connectivity index (χ3v) is 2.29. The van der Waals surface area contributed by atoms with Gasteiger partial charge < -0.3 is 10.6 Å². The zero-order chi connectivity index (χ0) is 9.68. The summed E-state index contributed by atoms with van der Waals surface area (Å²) in [4.78, 5) is 13.4. The third-order valence-electron chi connectivity index (χ3n) is 2.29. The van der Waals surface area contributed by atoms with E-state index in [1.807, 2.05) is 6.92 Å². The highest BCUT2D eigenvalue weighted by atomic mass is 16.2. The van der Waals surface area contributed by atoms with Crippen LogP contribution in [0.2, 0.25) is 0 Å². The smallest absolute Gasteiger partial charge is 0.314 e. The summed E-state index contributed by atoms with van der Waals surface area (Å²) in [6.45, 7) is 8.02. The van der Waals surface area contributed by atoms with Gasteiger partial charge in [0, 0.05) is 32.2 Å². The van der Waals surface area contributed by atoms with Gasteiger partial charge in [0.2, 0.25) is 0 Å². The summed E-state index contributed by atoms with van der Waals surface area (Å²) in [6, 6.07) is 0.558. The maximum Gasteiger partial charge on any atom is 0.314 e. The van der Waals surface area contributed by atoms with Gasteiger partial charge in [0.1, 0.15) is 0 Å². The molecule has 1 aliphatic rings. The summed E-state index contributed by atoms with van der Waals surface area (Å²) >= 11 is 0. The predicted molar refractivity (Wildman–Crippen MR) is 52.7 cm³/mol. The Bertz CT molecular complexity index is 168. The molecule has 1 rings (SSSR count). The van der Waals surface area contributed by atoms with Crippen molar-refractivity contribution in [2.75, 3.05) is 26.2 Å². The van der Waals surface area contributed by atoms with Gasteiger partial charge >= 0.3 is 6.03 Å². The number of carbonyl (C=O) groups is 1. The van der Waals surface area contributed by atoms with E-state index >= 15 is 0 Å². The summed E-state index contributed by atoms with van der Waals surface area (Å²) in [7, 11) is 0. The van der Waals surface area contributed by atoms with Crippen LogP contribution in [0, 0.1) is 0 Å². The lowest BCUT2D eigenvalue weighted by atomic mass is 10.2. The van der Waals surface area contributed by atoms with Gasteiger partial charge in [0.25, 0.3) is 0 Å². The number of nitrogens with one attached hydrogen (secondary N) is 2. The van der Waals surface area contributed by atoms with Crippen molar-refractivity contribution in [2.24, 2.45) is 0 Å². The average Bonchev–Trinajstić information content (AvgIpc) is 2.86. The van der Waals surface area contributed by atoms with Crippen LogP contribution in [0.25, 0.3) is 0 Å². The van der Waals surface area contributed by atoms with E-state index in [4.69, 9.17) is 0 Å². The van der Waals surface area contributed by atoms with Gasteiger partial charge in [-0.25, -0.2) is 4.79 Å². The van der Waals surface area contributed by atoms with Crippen LogP contribution in [-0.4, -0.2) is 43.2 Å². The Balaban J connectivity index is 1.96. The number of amides is 2. The van der Waals surface area contributed by atoms with Crippen LogP contribution < -0.4 is 10.6 Å². The van der Waals surface area contributed by atoms with Gasteiger partial charge in [-0.3, -0.25) is 4.90 Å². The SMILES string of the molecule is CCNC(=O)NCCC(C)N1CC1. The second-order valence-corrected chi connectivity index (χ2v) is 3.46. The molecule has 0 bridgehead atoms. The number of carbonyl (C=O) groups excluding carboxylic acids is 1. The topological polar surface area (TPSA) is 44.1 Å². The predicted octanol–water partition coefficient (Wildman–Crippen LogP) is 0.400. The van der Waals surface area contributed by atoms with Crippen molar-refractivity contribution in [3.63, 3.8) is 0 Å². The number of hydrogen-bond acceptors (Lipinski definition) is 2. The Labute approximate surface area is 79.7 Å². The Kier molecular flexibility index (Phi) is 4.02. The molecule has 1 atom stereocenters. The molecule has 0 aromatic rings. The molecule has 1 saturated heterocycles. The maximum absolute atomic E-state index is 11.0. The van der Waals surface area contributed by atoms with Gasteiger partial charge in [-0.1, -0.05) is 0 Å². The molecule has 1 unspecified atom stereocenters. The van der Waals surface area contributed by atoms with Gasteiger partial charge in [-0.15, -0.1) is 0 Å². The highest BCUT2D eigenvalue weighted by molar-refractivity contribution is 5.73. The molecule has 0 spiro atoms. The van der Waals surface area contributed by atoms with Crippen LogP contribution in [-0.2, 0) is 0 Å². The van der Waals surface area contributed by atoms with E-state index in [1.54, 1.807) is 0 Å². The van der Waals surface area contributed by atoms with Crippen LogP contribution >= 0.6 is 0 Å². The minimum absolute atomic E-state index is 0.0551. The highest BCUT2D eigenvalue weighted by Crippen LogP contribution is 2.11. The molecule has 4 heteroatoms. The summed E-state index contributed by atoms with van der Waals surface area (Å²) in [5.41, 5.74) is 0. The Morgan fingerprint density at radius 1 is 1.46 bits per heavy atom. The Morgan fingerprint density at radius 2 is 2.15 bits per heavy atom. The van der Waals surface area contributed by atoms with Gasteiger partial charge in [0.05, 0.1) is 0 Å². The molecule has 0 aromatic carbocycles. The minimum Gasteiger partial charge on any atom is -0.338 e. The van der Waals surface area contributed by atoms with Crippen LogP contribution in [0.4, 0.5) is 4.79 Å². The van der Waals surface area contributed by atoms with Crippen molar-refractivity contribution in [2.45, 2.75) is 26.3 Å². The second kappa shape index (κ2) is 5.07. The van der Waals surface area contributed by atoms with Crippen molar-refractivity contribution in [1.29, 1.82) is 0 Å². The lowest BCUT2D eigenvalue weighted by molar-refractivity contribution is 0.240. The fraction of sp³-hybridized carbons (Fsp3) is 0.889. The molecular weight excluding hydrogens is 166 g/mol. The lowest BCUT2D eigenvalue weighted by Gasteiger charge is -2.12. The van der Waals surface area contributed by atoms with E-state index in [-0.39, 0.29) is 6.03 Å². The van der Waals surface area contributed by atoms with E-state index in [0.29, 0.717) is 12.6 Å². The summed E-state index contributed by atoms with van der Waals surface area (Å²) < 4.78 is 0. The monoisotopic (exact) mass is 185 g/mol. The van der Waals surface area contributed by atoms with Crippen LogP contribution in [0.5, 0.6) is 0 Å². The number of hydrogen-bond donors (Lipinski definition) is 2. The largest absolute Gasteiger partial charge is 0.338 e. The van der Waals surface area contributed by atoms with Crippen molar-refractivity contribution < 1.29 is 4.79 Å². The van der Waals surface area contributed by atoms with Crippen LogP contribution in [0.1, 0.15) is 20.3 Å². The molecule has 0 saturated carbocycles. The molecule has 0 radical (unpaired) electrons. The van der Waals surface area contributed by atoms with Crippen molar-refractivity contribution in [1.82, 2.24) is 15.5 Å². The molecule has 1 aliphatic heterocycles. The van der Waals surface area contributed by atoms with Crippen molar-refractivity contribution in [3.8, 4) is 0 Å². The van der Waals surface area contributed by atoms with Gasteiger partial charge in [-0.2, -0.15) is 0 Å². The first-order valence-electron chi connectivity index (χ1n) is 4.99. The molecule has 2 amide bonds. The molecule has 13 heavy (non-hydrogen) atoms. The summed E-state index contributed by atoms with van der Waals surface area (Å²) in [6.07, 6.45) is 1.04. The summed E-state index contributed by atoms with van der Waals surface area (Å²) in [5, 5.41) is 5.52. The number of nitrogens with zero attached hydrogens (tertiary/aromatic N) is 1. The number of urea groups is 1. The normalized spacial score (nSPS) is 18.0. The Hall–Kier alpha value is -0.770. The van der Waals surface area contributed by atoms with Crippen molar-refractivity contribution in [3.05, 3.63) is 0 Å². The van der Waals surface area contributed by atoms with Gasteiger partial charge in [0.15, 0.2) is 0 Å². The maximum atomic E-state index is 11.0. The van der Waals surface area contributed by atoms with E-state index in [9.17, 15) is 4.79 Å². The van der Waals surface area contributed by atoms with E-state index < -0.39 is 0 Å². The fourth-order valence-electron chi connectivity index (χ4n) is 1.30. The van der Waals surface area contributed by atoms with Gasteiger partial charge in [-0.05, 0) is 20.3 Å². The van der Waals surface area contributed by atoms with Crippen LogP contribution in [0.3, 0.4) is 0 Å². The minimum atomic E-state index is -0.0551. The highest BCUT2D eigenvalue weighted by Gasteiger charge is 2.23. The third kappa shape index (κ3) is 4.12. The van der Waals surface area contributed by atoms with Crippen molar-refractivity contribution >= 4 is 6.03 Å². The Morgan fingerprint density at radius 3 is 2.69 bits per heavy atom. The second-order valence-electron chi connectivity index (χ2n) is 3.46. The molecule has 2 N–H and O–H groups in total. The molecule has 1 fully saturated rings. The standard InChI is InChI=1S/C9H19N3O/c1-3-10-9(13)11-5-4-8(2)12-6-7-12/h8H,3-7H2,1-2H3,(H2,10,11,13). The summed E-state index contributed by atoms with van der Waals surface area (Å²) in [5.74, 6) is 0. The van der Waals surface area contributed by atoms with Crippen LogP contribution in [0.15, 0.2) is 0 Å². The fourth-order valence-corrected chi connectivity index (χ4v) is 1.30. The molecule has 0 aromatic heterocycles. The first kappa shape index (κ1) is 10.3. The molecule has 4 nitrogen and oxygen atoms in total. The molecule has 1 heterocycles. The molecule has 0 aliphatic carbocycles. The zero-order valence-electron chi connectivity index (χ0n) is 8.47. The quantitative estimate of drug-likeness (QED) is 0.609. The molecule has 76 valence electrons. The van der Waals surface area contributed by atoms with E-state index in [0.717, 1.165) is 13.0 Å². The molecular formula is C9H19N3O. The zero-order valence-corrected chi connectivity index (χ0v) is 8.47. The van der Waals surface area contributed by atoms with E-state index in [1.165, 1.54) is 13.1 Å². The first-order chi connectivity index (χ1) is 6.24.